The van der Waals surface area contributed by atoms with Crippen molar-refractivity contribution in [1.29, 1.82) is 0 Å². The highest BCUT2D eigenvalue weighted by Crippen LogP contribution is 2.40. The molecule has 2 aliphatic heterocycles. The number of carbonyl (C=O) groups excluding carboxylic acids is 2. The second-order valence-corrected chi connectivity index (χ2v) is 6.75. The fourth-order valence-electron chi connectivity index (χ4n) is 4.16. The Balaban J connectivity index is 1.71. The smallest absolute Gasteiger partial charge is 0.255 e. The third-order valence-corrected chi connectivity index (χ3v) is 5.28. The van der Waals surface area contributed by atoms with Gasteiger partial charge in [0.05, 0.1) is 0 Å². The lowest BCUT2D eigenvalue weighted by Gasteiger charge is -2.21. The van der Waals surface area contributed by atoms with Gasteiger partial charge in [0.2, 0.25) is 5.91 Å². The number of halogens is 1. The van der Waals surface area contributed by atoms with Crippen LogP contribution in [0.25, 0.3) is 0 Å². The molecule has 1 saturated carbocycles. The van der Waals surface area contributed by atoms with Crippen LogP contribution >= 0.6 is 0 Å². The summed E-state index contributed by atoms with van der Waals surface area (Å²) in [4.78, 5) is 26.3. The van der Waals surface area contributed by atoms with Crippen LogP contribution < -0.4 is 5.32 Å². The highest BCUT2D eigenvalue weighted by atomic mass is 19.1. The molecule has 3 aliphatic rings. The van der Waals surface area contributed by atoms with Gasteiger partial charge in [0.15, 0.2) is 0 Å². The molecule has 2 heterocycles. The van der Waals surface area contributed by atoms with Gasteiger partial charge in [-0.05, 0) is 42.0 Å². The lowest BCUT2D eigenvalue weighted by molar-refractivity contribution is -0.122. The number of amides is 2. The topological polar surface area (TPSA) is 49.4 Å². The molecule has 1 aromatic rings. The van der Waals surface area contributed by atoms with Gasteiger partial charge in [-0.15, -0.1) is 0 Å². The highest BCUT2D eigenvalue weighted by molar-refractivity contribution is 6.02. The quantitative estimate of drug-likeness (QED) is 0.912. The molecule has 2 amide bonds. The van der Waals surface area contributed by atoms with Crippen molar-refractivity contribution in [2.45, 2.75) is 50.6 Å². The van der Waals surface area contributed by atoms with Gasteiger partial charge in [-0.1, -0.05) is 19.4 Å². The molecule has 1 atom stereocenters. The Bertz CT molecular complexity index is 722. The number of carbonyl (C=O) groups is 2. The maximum atomic E-state index is 14.0. The number of fused-ring (bicyclic) bond motifs is 1. The fraction of sp³-hybridized carbons (Fsp3) is 0.444. The van der Waals surface area contributed by atoms with Crippen molar-refractivity contribution in [2.75, 3.05) is 0 Å². The number of rotatable bonds is 2. The van der Waals surface area contributed by atoms with E-state index in [9.17, 15) is 14.0 Å². The minimum absolute atomic E-state index is 0.195. The minimum Gasteiger partial charge on any atom is -0.328 e. The summed E-state index contributed by atoms with van der Waals surface area (Å²) in [5, 5.41) is 2.67. The molecule has 23 heavy (non-hydrogen) atoms. The van der Waals surface area contributed by atoms with E-state index in [2.05, 4.69) is 11.9 Å². The molecule has 1 aromatic carbocycles. The molecular formula is C18H19FN2O2. The van der Waals surface area contributed by atoms with Crippen LogP contribution in [0.5, 0.6) is 0 Å². The lowest BCUT2D eigenvalue weighted by Crippen LogP contribution is -2.40. The SMILES string of the molecule is C=C1CC(N2Cc3c(cc(F)cc3C3CCCC3)C2=O)C(=O)N1. The molecule has 1 aliphatic carbocycles. The molecule has 0 radical (unpaired) electrons. The predicted octanol–water partition coefficient (Wildman–Crippen LogP) is 2.84. The molecule has 4 nitrogen and oxygen atoms in total. The first-order valence-corrected chi connectivity index (χ1v) is 8.16. The Morgan fingerprint density at radius 3 is 2.61 bits per heavy atom. The zero-order chi connectivity index (χ0) is 16.1. The largest absolute Gasteiger partial charge is 0.328 e. The van der Waals surface area contributed by atoms with E-state index in [1.165, 1.54) is 6.07 Å². The van der Waals surface area contributed by atoms with Crippen LogP contribution in [0.3, 0.4) is 0 Å². The standard InChI is InChI=1S/C18H19FN2O2/c1-10-6-16(17(22)20-10)21-9-15-13(11-4-2-3-5-11)7-12(19)8-14(15)18(21)23/h7-8,11,16H,1-6,9H2,(H,20,22). The molecule has 120 valence electrons. The first-order chi connectivity index (χ1) is 11.0. The van der Waals surface area contributed by atoms with Crippen LogP contribution in [-0.2, 0) is 11.3 Å². The molecule has 0 spiro atoms. The fourth-order valence-corrected chi connectivity index (χ4v) is 4.16. The van der Waals surface area contributed by atoms with Gasteiger partial charge in [-0.2, -0.15) is 0 Å². The van der Waals surface area contributed by atoms with Crippen LogP contribution in [0.4, 0.5) is 4.39 Å². The number of benzene rings is 1. The van der Waals surface area contributed by atoms with Gasteiger partial charge in [-0.3, -0.25) is 9.59 Å². The summed E-state index contributed by atoms with van der Waals surface area (Å²) in [6.07, 6.45) is 4.83. The van der Waals surface area contributed by atoms with Crippen molar-refractivity contribution in [1.82, 2.24) is 10.2 Å². The molecule has 4 rings (SSSR count). The first-order valence-electron chi connectivity index (χ1n) is 8.16. The molecule has 2 fully saturated rings. The normalized spacial score (nSPS) is 24.5. The van der Waals surface area contributed by atoms with Crippen molar-refractivity contribution in [3.8, 4) is 0 Å². The molecule has 0 aromatic heterocycles. The number of hydrogen-bond acceptors (Lipinski definition) is 2. The van der Waals surface area contributed by atoms with Crippen molar-refractivity contribution < 1.29 is 14.0 Å². The average Bonchev–Trinajstić information content (AvgIpc) is 3.20. The molecule has 1 saturated heterocycles. The monoisotopic (exact) mass is 314 g/mol. The zero-order valence-corrected chi connectivity index (χ0v) is 12.9. The Kier molecular flexibility index (Phi) is 3.25. The summed E-state index contributed by atoms with van der Waals surface area (Å²) in [6, 6.07) is 2.37. The summed E-state index contributed by atoms with van der Waals surface area (Å²) in [5.74, 6) is -0.464. The first kappa shape index (κ1) is 14.4. The average molecular weight is 314 g/mol. The summed E-state index contributed by atoms with van der Waals surface area (Å²) >= 11 is 0. The van der Waals surface area contributed by atoms with Crippen LogP contribution in [0.2, 0.25) is 0 Å². The van der Waals surface area contributed by atoms with E-state index in [-0.39, 0.29) is 17.6 Å². The van der Waals surface area contributed by atoms with E-state index in [4.69, 9.17) is 0 Å². The van der Waals surface area contributed by atoms with Crippen molar-refractivity contribution in [3.05, 3.63) is 46.9 Å². The van der Waals surface area contributed by atoms with E-state index in [0.717, 1.165) is 36.8 Å². The predicted molar refractivity (Wildman–Crippen MR) is 83.2 cm³/mol. The van der Waals surface area contributed by atoms with Gasteiger partial charge in [0.1, 0.15) is 11.9 Å². The molecule has 1 unspecified atom stereocenters. The van der Waals surface area contributed by atoms with E-state index in [1.807, 2.05) is 0 Å². The van der Waals surface area contributed by atoms with Gasteiger partial charge in [0, 0.05) is 24.2 Å². The van der Waals surface area contributed by atoms with E-state index in [0.29, 0.717) is 30.1 Å². The van der Waals surface area contributed by atoms with Gasteiger partial charge >= 0.3 is 0 Å². The zero-order valence-electron chi connectivity index (χ0n) is 12.9. The molecule has 1 N–H and O–H groups in total. The van der Waals surface area contributed by atoms with Crippen molar-refractivity contribution in [3.63, 3.8) is 0 Å². The van der Waals surface area contributed by atoms with Crippen molar-refractivity contribution in [2.24, 2.45) is 0 Å². The van der Waals surface area contributed by atoms with Gasteiger partial charge in [0.25, 0.3) is 5.91 Å². The number of hydrogen-bond donors (Lipinski definition) is 1. The Hall–Kier alpha value is -2.17. The summed E-state index contributed by atoms with van der Waals surface area (Å²) < 4.78 is 14.0. The maximum Gasteiger partial charge on any atom is 0.255 e. The van der Waals surface area contributed by atoms with Gasteiger partial charge in [-0.25, -0.2) is 4.39 Å². The van der Waals surface area contributed by atoms with Crippen molar-refractivity contribution >= 4 is 11.8 Å². The molecular weight excluding hydrogens is 295 g/mol. The Labute approximate surface area is 134 Å². The summed E-state index contributed by atoms with van der Waals surface area (Å²) in [6.45, 7) is 4.16. The van der Waals surface area contributed by atoms with Crippen LogP contribution in [0.15, 0.2) is 24.4 Å². The van der Waals surface area contributed by atoms with Crippen LogP contribution in [0.1, 0.15) is 59.5 Å². The maximum absolute atomic E-state index is 14.0. The third kappa shape index (κ3) is 2.26. The second kappa shape index (κ2) is 5.18. The minimum atomic E-state index is -0.526. The summed E-state index contributed by atoms with van der Waals surface area (Å²) in [5.41, 5.74) is 2.93. The number of nitrogens with zero attached hydrogens (tertiary/aromatic N) is 1. The molecule has 0 bridgehead atoms. The van der Waals surface area contributed by atoms with E-state index >= 15 is 0 Å². The van der Waals surface area contributed by atoms with E-state index in [1.54, 1.807) is 11.0 Å². The van der Waals surface area contributed by atoms with Gasteiger partial charge < -0.3 is 10.2 Å². The Morgan fingerprint density at radius 2 is 1.96 bits per heavy atom. The highest BCUT2D eigenvalue weighted by Gasteiger charge is 2.41. The van der Waals surface area contributed by atoms with E-state index < -0.39 is 6.04 Å². The van der Waals surface area contributed by atoms with Crippen LogP contribution in [-0.4, -0.2) is 22.8 Å². The lowest BCUT2D eigenvalue weighted by atomic mass is 9.91. The summed E-state index contributed by atoms with van der Waals surface area (Å²) in [7, 11) is 0. The Morgan fingerprint density at radius 1 is 1.22 bits per heavy atom. The van der Waals surface area contributed by atoms with Crippen LogP contribution in [0, 0.1) is 5.82 Å². The number of nitrogens with one attached hydrogen (secondary N) is 1. The molecule has 5 heteroatoms. The third-order valence-electron chi connectivity index (χ3n) is 5.28. The second-order valence-electron chi connectivity index (χ2n) is 6.75.